The maximum Gasteiger partial charge on any atom is 0.0243 e. The Hall–Kier alpha value is -1.00. The van der Waals surface area contributed by atoms with Crippen molar-refractivity contribution < 1.29 is 0 Å². The summed E-state index contributed by atoms with van der Waals surface area (Å²) in [7, 11) is 0. The van der Waals surface area contributed by atoms with Gasteiger partial charge in [-0.2, -0.15) is 0 Å². The van der Waals surface area contributed by atoms with Crippen molar-refractivity contribution in [3.05, 3.63) is 42.2 Å². The standard InChI is InChI=1S/C9H8/c1-2-9-7-3-4-8(9)6-5-7/h3-8H,1H2. The van der Waals surface area contributed by atoms with E-state index >= 15 is 0 Å². The van der Waals surface area contributed by atoms with Gasteiger partial charge in [-0.15, -0.1) is 5.73 Å². The van der Waals surface area contributed by atoms with Crippen LogP contribution < -0.4 is 0 Å². The van der Waals surface area contributed by atoms with Crippen molar-refractivity contribution in [2.75, 3.05) is 0 Å². The second-order valence-corrected chi connectivity index (χ2v) is 2.45. The molecule has 2 rings (SSSR count). The lowest BCUT2D eigenvalue weighted by Crippen LogP contribution is -1.87. The predicted octanol–water partition coefficient (Wildman–Crippen LogP) is 2.07. The molecule has 0 heteroatoms. The van der Waals surface area contributed by atoms with Gasteiger partial charge in [0.15, 0.2) is 0 Å². The molecule has 0 radical (unpaired) electrons. The first-order valence-electron chi connectivity index (χ1n) is 3.18. The van der Waals surface area contributed by atoms with Gasteiger partial charge >= 0.3 is 0 Å². The van der Waals surface area contributed by atoms with Crippen LogP contribution in [-0.2, 0) is 0 Å². The quantitative estimate of drug-likeness (QED) is 0.335. The average molecular weight is 116 g/mol. The minimum absolute atomic E-state index is 0.535. The fourth-order valence-electron chi connectivity index (χ4n) is 1.48. The second kappa shape index (κ2) is 1.49. The van der Waals surface area contributed by atoms with E-state index in [2.05, 4.69) is 36.6 Å². The van der Waals surface area contributed by atoms with Gasteiger partial charge in [-0.1, -0.05) is 30.9 Å². The van der Waals surface area contributed by atoms with Gasteiger partial charge in [0.05, 0.1) is 0 Å². The fraction of sp³-hybridized carbons (Fsp3) is 0.222. The SMILES string of the molecule is C=C=C1C2C=CC1C=C2. The van der Waals surface area contributed by atoms with Gasteiger partial charge in [-0.05, 0) is 5.57 Å². The van der Waals surface area contributed by atoms with Gasteiger partial charge in [-0.25, -0.2) is 0 Å². The molecule has 0 aromatic carbocycles. The normalized spacial score (nSPS) is 35.8. The number of rotatable bonds is 0. The molecule has 0 atom stereocenters. The molecule has 9 heavy (non-hydrogen) atoms. The first-order chi connectivity index (χ1) is 4.42. The van der Waals surface area contributed by atoms with Gasteiger partial charge < -0.3 is 0 Å². The second-order valence-electron chi connectivity index (χ2n) is 2.45. The molecule has 0 nitrogen and oxygen atoms in total. The molecule has 0 aliphatic heterocycles. The first-order valence-corrected chi connectivity index (χ1v) is 3.18. The van der Waals surface area contributed by atoms with Crippen LogP contribution in [0.4, 0.5) is 0 Å². The zero-order chi connectivity index (χ0) is 6.27. The molecule has 0 spiro atoms. The van der Waals surface area contributed by atoms with Crippen molar-refractivity contribution >= 4 is 0 Å². The van der Waals surface area contributed by atoms with Crippen molar-refractivity contribution in [3.8, 4) is 0 Å². The summed E-state index contributed by atoms with van der Waals surface area (Å²) in [6, 6.07) is 0. The molecule has 0 fully saturated rings. The summed E-state index contributed by atoms with van der Waals surface area (Å²) >= 11 is 0. The maximum absolute atomic E-state index is 3.64. The van der Waals surface area contributed by atoms with Crippen LogP contribution in [0.2, 0.25) is 0 Å². The van der Waals surface area contributed by atoms with Crippen LogP contribution in [0.5, 0.6) is 0 Å². The van der Waals surface area contributed by atoms with Crippen LogP contribution >= 0.6 is 0 Å². The predicted molar refractivity (Wildman–Crippen MR) is 37.9 cm³/mol. The largest absolute Gasteiger partial charge is 0.128 e. The third kappa shape index (κ3) is 0.485. The van der Waals surface area contributed by atoms with E-state index in [1.165, 1.54) is 5.57 Å². The summed E-state index contributed by atoms with van der Waals surface area (Å²) in [5.74, 6) is 1.07. The van der Waals surface area contributed by atoms with Gasteiger partial charge in [0, 0.05) is 11.8 Å². The minimum atomic E-state index is 0.535. The van der Waals surface area contributed by atoms with E-state index in [0.717, 1.165) is 0 Å². The number of hydrogen-bond acceptors (Lipinski definition) is 0. The summed E-state index contributed by atoms with van der Waals surface area (Å²) < 4.78 is 0. The van der Waals surface area contributed by atoms with E-state index in [0.29, 0.717) is 11.8 Å². The smallest absolute Gasteiger partial charge is 0.0243 e. The highest BCUT2D eigenvalue weighted by Crippen LogP contribution is 2.36. The third-order valence-corrected chi connectivity index (χ3v) is 1.97. The Labute approximate surface area is 54.9 Å². The Balaban J connectivity index is 2.51. The lowest BCUT2D eigenvalue weighted by atomic mass is 10.1. The molecule has 0 N–H and O–H groups in total. The van der Waals surface area contributed by atoms with Crippen LogP contribution in [-0.4, -0.2) is 0 Å². The van der Waals surface area contributed by atoms with Gasteiger partial charge in [0.25, 0.3) is 0 Å². The highest BCUT2D eigenvalue weighted by Gasteiger charge is 2.25. The van der Waals surface area contributed by atoms with Crippen LogP contribution in [0.3, 0.4) is 0 Å². The molecule has 0 aromatic heterocycles. The first kappa shape index (κ1) is 4.84. The van der Waals surface area contributed by atoms with E-state index in [1.54, 1.807) is 0 Å². The minimum Gasteiger partial charge on any atom is -0.128 e. The van der Waals surface area contributed by atoms with Crippen LogP contribution in [0.25, 0.3) is 0 Å². The maximum atomic E-state index is 3.64. The Morgan fingerprint density at radius 1 is 1.11 bits per heavy atom. The summed E-state index contributed by atoms with van der Waals surface area (Å²) in [4.78, 5) is 0. The highest BCUT2D eigenvalue weighted by atomic mass is 14.3. The van der Waals surface area contributed by atoms with Gasteiger partial charge in [0.1, 0.15) is 0 Å². The summed E-state index contributed by atoms with van der Waals surface area (Å²) in [6.07, 6.45) is 8.83. The van der Waals surface area contributed by atoms with Crippen LogP contribution in [0.15, 0.2) is 42.2 Å². The molecule has 0 aromatic rings. The Bertz CT molecular complexity index is 205. The lowest BCUT2D eigenvalue weighted by molar-refractivity contribution is 0.964. The Morgan fingerprint density at radius 3 is 1.78 bits per heavy atom. The van der Waals surface area contributed by atoms with Gasteiger partial charge in [0.2, 0.25) is 0 Å². The fourth-order valence-corrected chi connectivity index (χ4v) is 1.48. The molecule has 2 aliphatic carbocycles. The molecule has 0 amide bonds. The average Bonchev–Trinajstić information content (AvgIpc) is 2.44. The van der Waals surface area contributed by atoms with Crippen LogP contribution in [0, 0.1) is 11.8 Å². The molecule has 0 heterocycles. The molecule has 2 aliphatic rings. The molecule has 0 saturated heterocycles. The van der Waals surface area contributed by atoms with E-state index in [4.69, 9.17) is 0 Å². The monoisotopic (exact) mass is 116 g/mol. The summed E-state index contributed by atoms with van der Waals surface area (Å²) in [6.45, 7) is 3.64. The van der Waals surface area contributed by atoms with Crippen molar-refractivity contribution in [2.24, 2.45) is 11.8 Å². The molecule has 0 saturated carbocycles. The number of fused-ring (bicyclic) bond motifs is 2. The van der Waals surface area contributed by atoms with Crippen molar-refractivity contribution in [1.82, 2.24) is 0 Å². The molecule has 44 valence electrons. The number of allylic oxidation sites excluding steroid dienone is 5. The molecule has 0 unspecified atom stereocenters. The molecular weight excluding hydrogens is 108 g/mol. The van der Waals surface area contributed by atoms with E-state index < -0.39 is 0 Å². The number of hydrogen-bond donors (Lipinski definition) is 0. The Kier molecular flexibility index (Phi) is 0.802. The third-order valence-electron chi connectivity index (χ3n) is 1.97. The Morgan fingerprint density at radius 2 is 1.56 bits per heavy atom. The summed E-state index contributed by atoms with van der Waals surface area (Å²) in [5.41, 5.74) is 4.30. The van der Waals surface area contributed by atoms with Crippen LogP contribution in [0.1, 0.15) is 0 Å². The van der Waals surface area contributed by atoms with Crippen molar-refractivity contribution in [2.45, 2.75) is 0 Å². The van der Waals surface area contributed by atoms with E-state index in [-0.39, 0.29) is 0 Å². The lowest BCUT2D eigenvalue weighted by Gasteiger charge is -1.96. The topological polar surface area (TPSA) is 0 Å². The zero-order valence-corrected chi connectivity index (χ0v) is 5.17. The molecule has 2 bridgehead atoms. The highest BCUT2D eigenvalue weighted by molar-refractivity contribution is 5.40. The van der Waals surface area contributed by atoms with Gasteiger partial charge in [-0.3, -0.25) is 0 Å². The van der Waals surface area contributed by atoms with E-state index in [9.17, 15) is 0 Å². The van der Waals surface area contributed by atoms with E-state index in [1.807, 2.05) is 0 Å². The molecular formula is C9H8. The summed E-state index contributed by atoms with van der Waals surface area (Å²) in [5, 5.41) is 0. The zero-order valence-electron chi connectivity index (χ0n) is 5.17. The van der Waals surface area contributed by atoms with Crippen molar-refractivity contribution in [3.63, 3.8) is 0 Å². The van der Waals surface area contributed by atoms with Crippen molar-refractivity contribution in [1.29, 1.82) is 0 Å².